The van der Waals surface area contributed by atoms with Gasteiger partial charge in [0.15, 0.2) is 0 Å². The molecule has 0 N–H and O–H groups in total. The first kappa shape index (κ1) is 5.20. The molecule has 0 heterocycles. The topological polar surface area (TPSA) is 0 Å². The minimum Gasteiger partial charge on any atom is -0.0616 e. The molecular formula is C2H4I2. The molecule has 2 heteroatoms. The third-order valence-electron chi connectivity index (χ3n) is 0.0714. The lowest BCUT2D eigenvalue weighted by Crippen LogP contribution is -0.908. The fourth-order valence-corrected chi connectivity index (χ4v) is 0. The smallest absolute Gasteiger partial charge is 0.0599 e. The largest absolute Gasteiger partial charge is 0.0616 e. The molecule has 26 valence electrons. The number of rotatable bonds is 1. The van der Waals surface area contributed by atoms with E-state index in [0.29, 0.717) is 33.5 Å². The average molecular weight is 282 g/mol. The van der Waals surface area contributed by atoms with E-state index in [1.807, 2.05) is 0 Å². The van der Waals surface area contributed by atoms with Crippen molar-refractivity contribution in [3.63, 3.8) is 0 Å². The monoisotopic (exact) mass is 282 g/mol. The minimum atomic E-state index is 0.359. The van der Waals surface area contributed by atoms with Crippen molar-refractivity contribution in [1.29, 1.82) is 0 Å². The van der Waals surface area contributed by atoms with Gasteiger partial charge in [0.1, 0.15) is 0 Å². The van der Waals surface area contributed by atoms with Gasteiger partial charge in [0.25, 0.3) is 0 Å². The van der Waals surface area contributed by atoms with E-state index in [1.54, 1.807) is 0 Å². The summed E-state index contributed by atoms with van der Waals surface area (Å²) in [5, 5.41) is 0. The molecule has 0 saturated heterocycles. The predicted molar refractivity (Wildman–Crippen MR) is 42.3 cm³/mol. The lowest BCUT2D eigenvalue weighted by Gasteiger charge is -1.43. The summed E-state index contributed by atoms with van der Waals surface area (Å²) < 4.78 is 7.40. The lowest BCUT2D eigenvalue weighted by molar-refractivity contribution is 4.94. The molecule has 0 saturated carbocycles. The molecule has 0 aliphatic heterocycles. The highest BCUT2D eigenvalue weighted by Crippen LogP contribution is 2.10. The number of halogens is 2. The van der Waals surface area contributed by atoms with Gasteiger partial charge in [-0.3, -0.25) is 0 Å². The quantitative estimate of drug-likeness (QED) is 0.642. The van der Waals surface area contributed by atoms with Crippen LogP contribution >= 0.6 is 33.5 Å². The summed E-state index contributed by atoms with van der Waals surface area (Å²) in [4.78, 5) is 0. The van der Waals surface area contributed by atoms with Gasteiger partial charge in [0.05, 0.1) is 0 Å². The maximum atomic E-state index is 3.70. The van der Waals surface area contributed by atoms with E-state index < -0.39 is 0 Å². The van der Waals surface area contributed by atoms with E-state index in [-0.39, 0.29) is 0 Å². The van der Waals surface area contributed by atoms with Gasteiger partial charge in [-0.05, 0) is 0 Å². The number of hydrogen-bond donors (Lipinski definition) is 0. The highest BCUT2D eigenvalue weighted by Gasteiger charge is 1.31. The second kappa shape index (κ2) is 4.20. The van der Waals surface area contributed by atoms with E-state index in [1.165, 1.54) is 0 Å². The second-order valence-corrected chi connectivity index (χ2v) is 9.09. The molecule has 0 aromatic carbocycles. The Hall–Kier alpha value is 1.20. The second-order valence-electron chi connectivity index (χ2n) is 0.202. The van der Waals surface area contributed by atoms with Gasteiger partial charge in [-0.25, -0.2) is 0 Å². The molecule has 0 radical (unpaired) electrons. The van der Waals surface area contributed by atoms with Crippen molar-refractivity contribution in [3.05, 3.63) is 0 Å². The molecule has 0 aliphatic carbocycles. The zero-order chi connectivity index (χ0) is 3.41. The van der Waals surface area contributed by atoms with Crippen LogP contribution in [0.15, 0.2) is 0 Å². The fourth-order valence-electron chi connectivity index (χ4n) is 0. The van der Waals surface area contributed by atoms with Crippen molar-refractivity contribution in [3.8, 4) is 0 Å². The van der Waals surface area contributed by atoms with Crippen molar-refractivity contribution in [2.45, 2.75) is 0 Å². The first-order valence-electron chi connectivity index (χ1n) is 0.677. The maximum Gasteiger partial charge on any atom is -0.0599 e. The van der Waals surface area contributed by atoms with Gasteiger partial charge >= 0.3 is 0 Å². The highest BCUT2D eigenvalue weighted by atomic mass is 128. The summed E-state index contributed by atoms with van der Waals surface area (Å²) in [6.07, 6.45) is 0. The Kier molecular flexibility index (Phi) is 5.46. The minimum absolute atomic E-state index is 0.359. The van der Waals surface area contributed by atoms with Gasteiger partial charge in [-0.1, -0.05) is 42.5 Å². The summed E-state index contributed by atoms with van der Waals surface area (Å²) in [6.45, 7) is 0. The van der Waals surface area contributed by atoms with Crippen LogP contribution in [0, 0.1) is 0 Å². The van der Waals surface area contributed by atoms with E-state index in [4.69, 9.17) is 0 Å². The van der Waals surface area contributed by atoms with Crippen LogP contribution in [0.3, 0.4) is 0 Å². The molecule has 0 amide bonds. The first-order valence-corrected chi connectivity index (χ1v) is 10.0. The molecule has 0 unspecified atom stereocenters. The Labute approximate surface area is 42.1 Å². The normalized spacial score (nSPS) is 7.00. The maximum absolute atomic E-state index is 3.70. The molecule has 4 heavy (non-hydrogen) atoms. The number of hydrogen-bond acceptors (Lipinski definition) is 0. The summed E-state index contributed by atoms with van der Waals surface area (Å²) >= 11 is 0.719. The van der Waals surface area contributed by atoms with Gasteiger partial charge in [0.2, 0.25) is 0 Å². The summed E-state index contributed by atoms with van der Waals surface area (Å²) in [7, 11) is 0. The van der Waals surface area contributed by atoms with Crippen molar-refractivity contribution in [2.75, 3.05) is 0 Å². The van der Waals surface area contributed by atoms with E-state index in [2.05, 4.69) is 9.03 Å². The zero-order valence-corrected chi connectivity index (χ0v) is 6.49. The third-order valence-corrected chi connectivity index (χ3v) is 3.21. The summed E-state index contributed by atoms with van der Waals surface area (Å²) in [5.74, 6) is 0. The van der Waals surface area contributed by atoms with Crippen LogP contribution in [-0.4, -0.2) is 9.03 Å². The molecule has 0 atom stereocenters. The third kappa shape index (κ3) is 3.20. The average Bonchev–Trinajstić information content (AvgIpc) is 1.37. The van der Waals surface area contributed by atoms with Crippen LogP contribution in [0.5, 0.6) is 0 Å². The van der Waals surface area contributed by atoms with Crippen molar-refractivity contribution < 1.29 is 0 Å². The Morgan fingerprint density at radius 1 is 1.00 bits per heavy atom. The Bertz CT molecular complexity index is 25.0. The molecule has 0 nitrogen and oxygen atoms in total. The van der Waals surface area contributed by atoms with Crippen molar-refractivity contribution >= 4 is 42.5 Å². The molecular weight excluding hydrogens is 278 g/mol. The van der Waals surface area contributed by atoms with E-state index in [9.17, 15) is 0 Å². The molecule has 0 fully saturated rings. The Morgan fingerprint density at radius 3 is 1.25 bits per heavy atom. The van der Waals surface area contributed by atoms with Crippen LogP contribution in [0.1, 0.15) is 0 Å². The van der Waals surface area contributed by atoms with Gasteiger partial charge in [-0.2, -0.15) is 0 Å². The van der Waals surface area contributed by atoms with Gasteiger partial charge in [-0.15, -0.1) is 0 Å². The SMILES string of the molecule is C=II=C. The van der Waals surface area contributed by atoms with Crippen molar-refractivity contribution in [1.82, 2.24) is 0 Å². The molecule has 0 rings (SSSR count). The molecule has 0 aromatic heterocycles. The van der Waals surface area contributed by atoms with Crippen LogP contribution in [-0.2, 0) is 0 Å². The molecule has 0 aromatic rings. The predicted octanol–water partition coefficient (Wildman–Crippen LogP) is 1.71. The van der Waals surface area contributed by atoms with Crippen LogP contribution in [0.2, 0.25) is 0 Å². The van der Waals surface area contributed by atoms with E-state index >= 15 is 0 Å². The Balaban J connectivity index is 2.73. The highest BCUT2D eigenvalue weighted by molar-refractivity contribution is 15.1. The van der Waals surface area contributed by atoms with Crippen LogP contribution < -0.4 is 0 Å². The first-order chi connectivity index (χ1) is 1.91. The molecule has 0 bridgehead atoms. The van der Waals surface area contributed by atoms with Crippen molar-refractivity contribution in [2.24, 2.45) is 0 Å². The summed E-state index contributed by atoms with van der Waals surface area (Å²) in [6, 6.07) is 0. The Morgan fingerprint density at radius 2 is 1.25 bits per heavy atom. The van der Waals surface area contributed by atoms with Crippen LogP contribution in [0.25, 0.3) is 0 Å². The fraction of sp³-hybridized carbons (Fsp3) is 0. The lowest BCUT2D eigenvalue weighted by atomic mass is 12.0. The van der Waals surface area contributed by atoms with Gasteiger partial charge < -0.3 is 0 Å². The van der Waals surface area contributed by atoms with E-state index in [0.717, 1.165) is 0 Å². The zero-order valence-electron chi connectivity index (χ0n) is 2.17. The summed E-state index contributed by atoms with van der Waals surface area (Å²) in [5.41, 5.74) is 0. The van der Waals surface area contributed by atoms with Crippen LogP contribution in [0.4, 0.5) is 0 Å². The molecule has 0 aliphatic rings. The molecule has 0 spiro atoms. The van der Waals surface area contributed by atoms with Gasteiger partial charge in [0, 0.05) is 0 Å². The standard InChI is InChI=1S/C2H4I2/c1-3-4-2/h1-2H2.